The van der Waals surface area contributed by atoms with Crippen LogP contribution in [0.15, 0.2) is 54.6 Å². The number of hydrogen-bond donors (Lipinski definition) is 1. The molecule has 1 spiro atoms. The van der Waals surface area contributed by atoms with Gasteiger partial charge in [-0.05, 0) is 43.0 Å². The maximum atomic E-state index is 13.8. The third kappa shape index (κ3) is 5.17. The topological polar surface area (TPSA) is 82.2 Å². The summed E-state index contributed by atoms with van der Waals surface area (Å²) >= 11 is 0. The molecule has 4 rings (SSSR count). The molecule has 2 aromatic rings. The number of likely N-dealkylation sites (tertiary alicyclic amines) is 1. The first-order valence-electron chi connectivity index (χ1n) is 12.6. The van der Waals surface area contributed by atoms with Gasteiger partial charge in [-0.15, -0.1) is 0 Å². The van der Waals surface area contributed by atoms with E-state index >= 15 is 0 Å². The van der Waals surface area contributed by atoms with Crippen LogP contribution in [0, 0.1) is 5.92 Å². The lowest BCUT2D eigenvalue weighted by Gasteiger charge is -2.43. The molecular weight excluding hydrogens is 456 g/mol. The molecular formula is C28H36N4O4. The quantitative estimate of drug-likeness (QED) is 0.613. The normalized spacial score (nSPS) is 17.1. The van der Waals surface area contributed by atoms with Gasteiger partial charge < -0.3 is 24.8 Å². The second kappa shape index (κ2) is 11.0. The molecule has 2 heterocycles. The Hall–Kier alpha value is -3.55. The van der Waals surface area contributed by atoms with Crippen LogP contribution in [-0.2, 0) is 20.8 Å². The van der Waals surface area contributed by atoms with Crippen LogP contribution in [0.5, 0.6) is 5.75 Å². The molecule has 2 aliphatic heterocycles. The third-order valence-electron chi connectivity index (χ3n) is 7.22. The fraction of sp³-hybridized carbons (Fsp3) is 0.464. The summed E-state index contributed by atoms with van der Waals surface area (Å²) in [6.45, 7) is 5.68. The zero-order valence-corrected chi connectivity index (χ0v) is 21.4. The fourth-order valence-electron chi connectivity index (χ4n) is 5.26. The van der Waals surface area contributed by atoms with Crippen molar-refractivity contribution < 1.29 is 19.1 Å². The zero-order chi connectivity index (χ0) is 25.7. The molecule has 0 saturated carbocycles. The minimum absolute atomic E-state index is 0.00444. The molecule has 0 radical (unpaired) electrons. The Balaban J connectivity index is 1.43. The van der Waals surface area contributed by atoms with Crippen LogP contribution in [0.25, 0.3) is 0 Å². The van der Waals surface area contributed by atoms with E-state index in [2.05, 4.69) is 10.2 Å². The Bertz CT molecular complexity index is 1080. The van der Waals surface area contributed by atoms with Crippen molar-refractivity contribution in [3.63, 3.8) is 0 Å². The van der Waals surface area contributed by atoms with Crippen LogP contribution in [0.2, 0.25) is 0 Å². The van der Waals surface area contributed by atoms with Crippen molar-refractivity contribution in [1.82, 2.24) is 15.1 Å². The molecule has 2 aromatic carbocycles. The van der Waals surface area contributed by atoms with Crippen molar-refractivity contribution in [2.45, 2.75) is 38.6 Å². The molecule has 0 aromatic heterocycles. The van der Waals surface area contributed by atoms with Gasteiger partial charge in [-0.1, -0.05) is 50.2 Å². The van der Waals surface area contributed by atoms with Gasteiger partial charge in [0.05, 0.1) is 13.8 Å². The molecule has 8 nitrogen and oxygen atoms in total. The number of carbonyl (C=O) groups excluding carboxylic acids is 3. The van der Waals surface area contributed by atoms with Gasteiger partial charge in [0.1, 0.15) is 17.8 Å². The Labute approximate surface area is 213 Å². The standard InChI is InChI=1S/C28H36N4O4/c1-21(2)26(34)30-17-14-28(15-18-30)27(35)31(20-32(28)23-10-5-4-6-11-23)19-25(33)29-16-13-22-9-7-8-12-24(22)36-3/h4-12,21H,13-20H2,1-3H3,(H,29,33). The highest BCUT2D eigenvalue weighted by Gasteiger charge is 2.54. The number of ether oxygens (including phenoxy) is 1. The number of para-hydroxylation sites is 2. The van der Waals surface area contributed by atoms with E-state index in [0.29, 0.717) is 45.6 Å². The first kappa shape index (κ1) is 25.5. The number of hydrogen-bond acceptors (Lipinski definition) is 5. The third-order valence-corrected chi connectivity index (χ3v) is 7.22. The molecule has 1 N–H and O–H groups in total. The molecule has 3 amide bonds. The summed E-state index contributed by atoms with van der Waals surface area (Å²) in [6.07, 6.45) is 1.74. The highest BCUT2D eigenvalue weighted by molar-refractivity contribution is 5.96. The summed E-state index contributed by atoms with van der Waals surface area (Å²) < 4.78 is 5.38. The van der Waals surface area contributed by atoms with Gasteiger partial charge in [-0.25, -0.2) is 0 Å². The Morgan fingerprint density at radius 1 is 1.03 bits per heavy atom. The first-order valence-corrected chi connectivity index (χ1v) is 12.6. The van der Waals surface area contributed by atoms with Gasteiger partial charge >= 0.3 is 0 Å². The van der Waals surface area contributed by atoms with E-state index in [0.717, 1.165) is 17.0 Å². The number of benzene rings is 2. The largest absolute Gasteiger partial charge is 0.496 e. The lowest BCUT2D eigenvalue weighted by atomic mass is 9.85. The van der Waals surface area contributed by atoms with E-state index in [1.165, 1.54) is 0 Å². The van der Waals surface area contributed by atoms with Crippen LogP contribution in [0.1, 0.15) is 32.3 Å². The second-order valence-corrected chi connectivity index (χ2v) is 9.83. The van der Waals surface area contributed by atoms with Crippen LogP contribution in [0.3, 0.4) is 0 Å². The number of nitrogens with one attached hydrogen (secondary N) is 1. The molecule has 0 unspecified atom stereocenters. The minimum atomic E-state index is -0.743. The predicted molar refractivity (Wildman–Crippen MR) is 139 cm³/mol. The summed E-state index contributed by atoms with van der Waals surface area (Å²) in [7, 11) is 1.63. The Kier molecular flexibility index (Phi) is 7.82. The smallest absolute Gasteiger partial charge is 0.250 e. The molecule has 2 fully saturated rings. The van der Waals surface area contributed by atoms with Gasteiger partial charge in [-0.2, -0.15) is 0 Å². The number of amides is 3. The van der Waals surface area contributed by atoms with Gasteiger partial charge in [0, 0.05) is 31.2 Å². The number of carbonyl (C=O) groups is 3. The second-order valence-electron chi connectivity index (χ2n) is 9.83. The zero-order valence-electron chi connectivity index (χ0n) is 21.4. The van der Waals surface area contributed by atoms with Gasteiger partial charge in [0.2, 0.25) is 11.8 Å². The Morgan fingerprint density at radius 3 is 2.36 bits per heavy atom. The van der Waals surface area contributed by atoms with Crippen LogP contribution in [0.4, 0.5) is 5.69 Å². The van der Waals surface area contributed by atoms with E-state index in [1.54, 1.807) is 12.0 Å². The number of nitrogens with zero attached hydrogens (tertiary/aromatic N) is 3. The van der Waals surface area contributed by atoms with Crippen molar-refractivity contribution in [3.8, 4) is 5.75 Å². The highest BCUT2D eigenvalue weighted by Crippen LogP contribution is 2.39. The van der Waals surface area contributed by atoms with Crippen molar-refractivity contribution in [2.24, 2.45) is 5.92 Å². The molecule has 36 heavy (non-hydrogen) atoms. The molecule has 0 bridgehead atoms. The summed E-state index contributed by atoms with van der Waals surface area (Å²) in [4.78, 5) is 44.8. The number of piperidine rings is 1. The minimum Gasteiger partial charge on any atom is -0.496 e. The monoisotopic (exact) mass is 492 g/mol. The Morgan fingerprint density at radius 2 is 1.69 bits per heavy atom. The van der Waals surface area contributed by atoms with Crippen LogP contribution in [-0.4, -0.2) is 73.0 Å². The maximum absolute atomic E-state index is 13.8. The average Bonchev–Trinajstić information content (AvgIpc) is 3.15. The fourth-order valence-corrected chi connectivity index (χ4v) is 5.26. The van der Waals surface area contributed by atoms with Gasteiger partial charge in [-0.3, -0.25) is 14.4 Å². The molecule has 0 aliphatic carbocycles. The molecule has 0 atom stereocenters. The number of rotatable bonds is 8. The van der Waals surface area contributed by atoms with Crippen LogP contribution < -0.4 is 15.0 Å². The lowest BCUT2D eigenvalue weighted by molar-refractivity contribution is -0.141. The summed E-state index contributed by atoms with van der Waals surface area (Å²) in [5.74, 6) is 0.621. The average molecular weight is 493 g/mol. The summed E-state index contributed by atoms with van der Waals surface area (Å²) in [5.41, 5.74) is 1.23. The lowest BCUT2D eigenvalue weighted by Crippen LogP contribution is -2.57. The van der Waals surface area contributed by atoms with E-state index in [9.17, 15) is 14.4 Å². The van der Waals surface area contributed by atoms with E-state index in [4.69, 9.17) is 4.74 Å². The SMILES string of the molecule is COc1ccccc1CCNC(=O)CN1CN(c2ccccc2)C2(CCN(C(=O)C(C)C)CC2)C1=O. The number of methoxy groups -OCH3 is 1. The van der Waals surface area contributed by atoms with E-state index in [-0.39, 0.29) is 30.2 Å². The van der Waals surface area contributed by atoms with Gasteiger partial charge in [0.25, 0.3) is 5.91 Å². The van der Waals surface area contributed by atoms with Crippen molar-refractivity contribution in [2.75, 3.05) is 44.9 Å². The molecule has 8 heteroatoms. The van der Waals surface area contributed by atoms with Crippen LogP contribution >= 0.6 is 0 Å². The summed E-state index contributed by atoms with van der Waals surface area (Å²) in [6, 6.07) is 17.6. The maximum Gasteiger partial charge on any atom is 0.250 e. The number of anilines is 1. The van der Waals surface area contributed by atoms with Gasteiger partial charge in [0.15, 0.2) is 0 Å². The molecule has 192 valence electrons. The van der Waals surface area contributed by atoms with Crippen molar-refractivity contribution in [3.05, 3.63) is 60.2 Å². The van der Waals surface area contributed by atoms with Crippen molar-refractivity contribution in [1.29, 1.82) is 0 Å². The van der Waals surface area contributed by atoms with E-state index in [1.807, 2.05) is 73.3 Å². The highest BCUT2D eigenvalue weighted by atomic mass is 16.5. The first-order chi connectivity index (χ1) is 17.4. The predicted octanol–water partition coefficient (Wildman–Crippen LogP) is 2.68. The van der Waals surface area contributed by atoms with E-state index < -0.39 is 5.54 Å². The van der Waals surface area contributed by atoms with Crippen molar-refractivity contribution >= 4 is 23.4 Å². The molecule has 2 saturated heterocycles. The molecule has 2 aliphatic rings. The summed E-state index contributed by atoms with van der Waals surface area (Å²) in [5, 5.41) is 2.95.